The first kappa shape index (κ1) is 13.9. The Balaban J connectivity index is 1.97. The fraction of sp³-hybridized carbons (Fsp3) is 0.400. The number of hydrogen-bond acceptors (Lipinski definition) is 3. The average molecular weight is 279 g/mol. The molecule has 1 saturated heterocycles. The van der Waals surface area contributed by atoms with Crippen molar-refractivity contribution in [3.05, 3.63) is 47.8 Å². The fourth-order valence-corrected chi connectivity index (χ4v) is 2.45. The number of allylic oxidation sites excluding steroid dienone is 3. The van der Waals surface area contributed by atoms with Gasteiger partial charge in [0.05, 0.1) is 6.54 Å². The Hall–Kier alpha value is -1.48. The maximum atomic E-state index is 6.05. The largest absolute Gasteiger partial charge is 0.471 e. The van der Waals surface area contributed by atoms with Gasteiger partial charge in [0.2, 0.25) is 5.88 Å². The summed E-state index contributed by atoms with van der Waals surface area (Å²) in [5.74, 6) is 0.529. The molecule has 0 aromatic carbocycles. The number of nitrogens with zero attached hydrogens (tertiary/aromatic N) is 2. The molecule has 0 amide bonds. The number of hydrogen-bond donors (Lipinski definition) is 0. The van der Waals surface area contributed by atoms with Gasteiger partial charge in [-0.05, 0) is 24.6 Å². The molecule has 2 rings (SSSR count). The van der Waals surface area contributed by atoms with Gasteiger partial charge in [0, 0.05) is 24.9 Å². The fourth-order valence-electron chi connectivity index (χ4n) is 2.28. The van der Waals surface area contributed by atoms with E-state index in [4.69, 9.17) is 16.3 Å². The maximum Gasteiger partial charge on any atom is 0.232 e. The van der Waals surface area contributed by atoms with Crippen LogP contribution in [-0.2, 0) is 0 Å². The molecule has 1 aromatic heterocycles. The van der Waals surface area contributed by atoms with E-state index in [1.165, 1.54) is 5.70 Å². The van der Waals surface area contributed by atoms with Gasteiger partial charge in [-0.2, -0.15) is 0 Å². The Labute approximate surface area is 119 Å². The molecular formula is C15H19ClN2O. The molecule has 1 aliphatic heterocycles. The van der Waals surface area contributed by atoms with Crippen LogP contribution in [0.1, 0.15) is 19.8 Å². The highest BCUT2D eigenvalue weighted by Crippen LogP contribution is 2.25. The van der Waals surface area contributed by atoms with Crippen molar-refractivity contribution in [2.75, 3.05) is 13.1 Å². The van der Waals surface area contributed by atoms with Crippen molar-refractivity contribution in [1.82, 2.24) is 9.88 Å². The van der Waals surface area contributed by atoms with Crippen LogP contribution in [0.2, 0.25) is 5.02 Å². The molecule has 1 fully saturated rings. The summed E-state index contributed by atoms with van der Waals surface area (Å²) in [4.78, 5) is 6.50. The molecule has 102 valence electrons. The average Bonchev–Trinajstić information content (AvgIpc) is 2.87. The van der Waals surface area contributed by atoms with Gasteiger partial charge in [-0.15, -0.1) is 0 Å². The van der Waals surface area contributed by atoms with E-state index in [1.54, 1.807) is 18.3 Å². The third-order valence-electron chi connectivity index (χ3n) is 3.23. The Bertz CT molecular complexity index is 473. The third-order valence-corrected chi connectivity index (χ3v) is 3.51. The van der Waals surface area contributed by atoms with Gasteiger partial charge in [-0.3, -0.25) is 0 Å². The normalized spacial score (nSPS) is 19.6. The second-order valence-electron chi connectivity index (χ2n) is 4.51. The van der Waals surface area contributed by atoms with Crippen LogP contribution < -0.4 is 4.74 Å². The van der Waals surface area contributed by atoms with Crippen LogP contribution in [0.25, 0.3) is 0 Å². The molecule has 1 unspecified atom stereocenters. The first-order valence-corrected chi connectivity index (χ1v) is 6.96. The summed E-state index contributed by atoms with van der Waals surface area (Å²) < 4.78 is 5.87. The zero-order chi connectivity index (χ0) is 13.7. The van der Waals surface area contributed by atoms with Gasteiger partial charge >= 0.3 is 0 Å². The molecule has 0 saturated carbocycles. The summed E-state index contributed by atoms with van der Waals surface area (Å²) in [6.07, 6.45) is 7.74. The van der Waals surface area contributed by atoms with E-state index < -0.39 is 0 Å². The van der Waals surface area contributed by atoms with Crippen LogP contribution in [0.4, 0.5) is 0 Å². The zero-order valence-corrected chi connectivity index (χ0v) is 11.9. The number of rotatable bonds is 5. The van der Waals surface area contributed by atoms with Crippen LogP contribution in [-0.4, -0.2) is 29.1 Å². The van der Waals surface area contributed by atoms with Crippen molar-refractivity contribution in [1.29, 1.82) is 0 Å². The molecule has 4 heteroatoms. The topological polar surface area (TPSA) is 25.4 Å². The number of aromatic nitrogens is 1. The van der Waals surface area contributed by atoms with Crippen molar-refractivity contribution >= 4 is 11.6 Å². The molecule has 3 nitrogen and oxygen atoms in total. The molecule has 0 radical (unpaired) electrons. The lowest BCUT2D eigenvalue weighted by atomic mass is 10.3. The minimum atomic E-state index is 0.146. The number of likely N-dealkylation sites (tertiary alicyclic amines) is 1. The highest BCUT2D eigenvalue weighted by Gasteiger charge is 2.25. The summed E-state index contributed by atoms with van der Waals surface area (Å²) in [7, 11) is 0. The van der Waals surface area contributed by atoms with Gasteiger partial charge < -0.3 is 9.64 Å². The standard InChI is InChI=1S/C15H19ClN2O/c1-3-6-12(4-2)18-10-8-13(11-18)19-15-14(16)7-5-9-17-15/h3,5-7,9,13H,1,4,8,10-11H2,2H3/b12-6+. The second kappa shape index (κ2) is 6.62. The number of pyridine rings is 1. The second-order valence-corrected chi connectivity index (χ2v) is 4.92. The van der Waals surface area contributed by atoms with Gasteiger partial charge in [-0.25, -0.2) is 4.98 Å². The predicted molar refractivity (Wildman–Crippen MR) is 78.4 cm³/mol. The Morgan fingerprint density at radius 2 is 2.53 bits per heavy atom. The summed E-state index contributed by atoms with van der Waals surface area (Å²) >= 11 is 6.05. The highest BCUT2D eigenvalue weighted by atomic mass is 35.5. The summed E-state index contributed by atoms with van der Waals surface area (Å²) in [6, 6.07) is 3.60. The Morgan fingerprint density at radius 1 is 1.68 bits per heavy atom. The lowest BCUT2D eigenvalue weighted by Crippen LogP contribution is -2.24. The summed E-state index contributed by atoms with van der Waals surface area (Å²) in [5.41, 5.74) is 1.30. The first-order chi connectivity index (χ1) is 9.24. The molecule has 0 N–H and O–H groups in total. The first-order valence-electron chi connectivity index (χ1n) is 6.58. The summed E-state index contributed by atoms with van der Waals surface area (Å²) in [5, 5.41) is 0.568. The van der Waals surface area contributed by atoms with Crippen LogP contribution in [0.5, 0.6) is 5.88 Å². The SMILES string of the molecule is C=C/C=C(\CC)N1CCC(Oc2ncccc2Cl)C1. The minimum Gasteiger partial charge on any atom is -0.471 e. The van der Waals surface area contributed by atoms with Gasteiger partial charge in [0.25, 0.3) is 0 Å². The van der Waals surface area contributed by atoms with E-state index in [0.717, 1.165) is 25.9 Å². The zero-order valence-electron chi connectivity index (χ0n) is 11.2. The lowest BCUT2D eigenvalue weighted by Gasteiger charge is -2.21. The maximum absolute atomic E-state index is 6.05. The van der Waals surface area contributed by atoms with E-state index in [2.05, 4.69) is 29.5 Å². The summed E-state index contributed by atoms with van der Waals surface area (Å²) in [6.45, 7) is 7.79. The van der Waals surface area contributed by atoms with Crippen LogP contribution in [0, 0.1) is 0 Å². The van der Waals surface area contributed by atoms with E-state index in [9.17, 15) is 0 Å². The smallest absolute Gasteiger partial charge is 0.232 e. The Kier molecular flexibility index (Phi) is 4.86. The molecule has 1 aromatic rings. The van der Waals surface area contributed by atoms with Crippen LogP contribution >= 0.6 is 11.6 Å². The van der Waals surface area contributed by atoms with Gasteiger partial charge in [0.1, 0.15) is 11.1 Å². The highest BCUT2D eigenvalue weighted by molar-refractivity contribution is 6.31. The van der Waals surface area contributed by atoms with Crippen LogP contribution in [0.3, 0.4) is 0 Å². The third kappa shape index (κ3) is 3.51. The monoisotopic (exact) mass is 278 g/mol. The molecule has 0 bridgehead atoms. The minimum absolute atomic E-state index is 0.146. The van der Waals surface area contributed by atoms with Crippen molar-refractivity contribution in [3.8, 4) is 5.88 Å². The number of ether oxygens (including phenoxy) is 1. The molecule has 2 heterocycles. The molecule has 1 atom stereocenters. The van der Waals surface area contributed by atoms with E-state index in [0.29, 0.717) is 10.9 Å². The van der Waals surface area contributed by atoms with Crippen molar-refractivity contribution in [3.63, 3.8) is 0 Å². The van der Waals surface area contributed by atoms with Crippen molar-refractivity contribution in [2.45, 2.75) is 25.9 Å². The van der Waals surface area contributed by atoms with E-state index in [1.807, 2.05) is 6.08 Å². The van der Waals surface area contributed by atoms with E-state index >= 15 is 0 Å². The molecular weight excluding hydrogens is 260 g/mol. The Morgan fingerprint density at radius 3 is 3.21 bits per heavy atom. The predicted octanol–water partition coefficient (Wildman–Crippen LogP) is 3.67. The van der Waals surface area contributed by atoms with E-state index in [-0.39, 0.29) is 6.10 Å². The van der Waals surface area contributed by atoms with Crippen molar-refractivity contribution < 1.29 is 4.74 Å². The molecule has 19 heavy (non-hydrogen) atoms. The lowest BCUT2D eigenvalue weighted by molar-refractivity contribution is 0.200. The molecule has 0 spiro atoms. The van der Waals surface area contributed by atoms with Crippen LogP contribution in [0.15, 0.2) is 42.8 Å². The van der Waals surface area contributed by atoms with Crippen molar-refractivity contribution in [2.24, 2.45) is 0 Å². The molecule has 0 aliphatic carbocycles. The van der Waals surface area contributed by atoms with Gasteiger partial charge in [-0.1, -0.05) is 31.2 Å². The number of halogens is 1. The quantitative estimate of drug-likeness (QED) is 0.769. The molecule has 1 aliphatic rings. The van der Waals surface area contributed by atoms with Gasteiger partial charge in [0.15, 0.2) is 0 Å².